The Kier molecular flexibility index (Phi) is 10.3. The molecular formula is C24H44N6O4S5. The second-order valence-corrected chi connectivity index (χ2v) is 17.8. The maximum Gasteiger partial charge on any atom is 0.282 e. The van der Waals surface area contributed by atoms with Crippen molar-refractivity contribution in [2.24, 2.45) is 0 Å². The normalized spacial score (nSPS) is 36.7. The predicted octanol–water partition coefficient (Wildman–Crippen LogP) is 0.398. The average Bonchev–Trinajstić information content (AvgIpc) is 3.03. The lowest BCUT2D eigenvalue weighted by Crippen LogP contribution is -2.72. The third kappa shape index (κ3) is 6.18. The Morgan fingerprint density at radius 1 is 0.487 bits per heavy atom. The van der Waals surface area contributed by atoms with Crippen molar-refractivity contribution in [1.82, 2.24) is 28.2 Å². The van der Waals surface area contributed by atoms with E-state index in [9.17, 15) is 8.42 Å². The van der Waals surface area contributed by atoms with E-state index >= 15 is 0 Å². The second-order valence-electron chi connectivity index (χ2n) is 10.8. The van der Waals surface area contributed by atoms with Crippen molar-refractivity contribution in [3.05, 3.63) is 0 Å². The molecule has 15 heteroatoms. The van der Waals surface area contributed by atoms with E-state index in [0.717, 1.165) is 113 Å². The number of hydrogen-bond acceptors (Lipinski definition) is 12. The van der Waals surface area contributed by atoms with Crippen LogP contribution in [0.4, 0.5) is 0 Å². The molecule has 6 aliphatic rings. The summed E-state index contributed by atoms with van der Waals surface area (Å²) in [5, 5.41) is 0. The molecule has 10 nitrogen and oxygen atoms in total. The van der Waals surface area contributed by atoms with Crippen molar-refractivity contribution in [3.63, 3.8) is 0 Å². The smallest absolute Gasteiger partial charge is 0.282 e. The minimum atomic E-state index is -3.62. The molecule has 39 heavy (non-hydrogen) atoms. The van der Waals surface area contributed by atoms with Crippen molar-refractivity contribution in [2.45, 2.75) is 9.99 Å². The number of hydrogen-bond donors (Lipinski definition) is 0. The van der Waals surface area contributed by atoms with Gasteiger partial charge in [-0.05, 0) is 0 Å². The van der Waals surface area contributed by atoms with Crippen molar-refractivity contribution >= 4 is 57.3 Å². The lowest BCUT2D eigenvalue weighted by atomic mass is 10.2. The van der Waals surface area contributed by atoms with E-state index in [0.29, 0.717) is 26.2 Å². The van der Waals surface area contributed by atoms with Crippen LogP contribution >= 0.6 is 47.0 Å². The van der Waals surface area contributed by atoms with Gasteiger partial charge in [0.05, 0.1) is 39.5 Å². The minimum Gasteiger partial charge on any atom is -0.379 e. The highest BCUT2D eigenvalue weighted by Crippen LogP contribution is 2.43. The molecule has 0 amide bonds. The van der Waals surface area contributed by atoms with Crippen LogP contribution in [0.25, 0.3) is 0 Å². The molecule has 6 heterocycles. The molecule has 224 valence electrons. The van der Waals surface area contributed by atoms with Crippen molar-refractivity contribution in [1.29, 1.82) is 0 Å². The van der Waals surface area contributed by atoms with Crippen molar-refractivity contribution in [2.75, 3.05) is 139 Å². The Hall–Kier alpha value is 1.03. The van der Waals surface area contributed by atoms with Crippen LogP contribution in [0.3, 0.4) is 0 Å². The Morgan fingerprint density at radius 2 is 0.846 bits per heavy atom. The zero-order chi connectivity index (χ0) is 26.8. The van der Waals surface area contributed by atoms with Crippen LogP contribution in [0, 0.1) is 0 Å². The highest BCUT2D eigenvalue weighted by Gasteiger charge is 2.53. The maximum atomic E-state index is 14.5. The number of thioether (sulfide) groups is 4. The van der Waals surface area contributed by atoms with Gasteiger partial charge in [0.25, 0.3) is 10.2 Å². The Bertz CT molecular complexity index is 809. The molecule has 0 aliphatic carbocycles. The van der Waals surface area contributed by atoms with Gasteiger partial charge in [0, 0.05) is 100.0 Å². The molecule has 6 rings (SSSR count). The molecule has 0 bridgehead atoms. The lowest BCUT2D eigenvalue weighted by Gasteiger charge is -2.57. The summed E-state index contributed by atoms with van der Waals surface area (Å²) >= 11 is 7.94. The molecule has 0 aromatic heterocycles. The maximum absolute atomic E-state index is 14.5. The monoisotopic (exact) mass is 640 g/mol. The van der Waals surface area contributed by atoms with Gasteiger partial charge in [-0.3, -0.25) is 19.6 Å². The van der Waals surface area contributed by atoms with Crippen LogP contribution in [0.15, 0.2) is 0 Å². The quantitative estimate of drug-likeness (QED) is 0.404. The fraction of sp³-hybridized carbons (Fsp3) is 1.00. The number of morpholine rings is 2. The fourth-order valence-corrected chi connectivity index (χ4v) is 13.8. The summed E-state index contributed by atoms with van der Waals surface area (Å²) in [5.74, 6) is 6.08. The minimum absolute atomic E-state index is 0.313. The predicted molar refractivity (Wildman–Crippen MR) is 165 cm³/mol. The molecule has 0 saturated carbocycles. The van der Waals surface area contributed by atoms with E-state index in [1.54, 1.807) is 0 Å². The standard InChI is InChI=1S/C24H44N6O4S5/c31-39(32,29-9-19-37-23(21-29,25-1-11-33-12-2-25)27-5-15-35-16-6-27)30-10-20-38-24(22-30,26-3-13-34-14-4-26)28-7-17-36-18-8-28/h1-22H2. The van der Waals surface area contributed by atoms with E-state index in [1.165, 1.54) is 0 Å². The van der Waals surface area contributed by atoms with Crippen LogP contribution in [-0.4, -0.2) is 186 Å². The molecule has 0 N–H and O–H groups in total. The van der Waals surface area contributed by atoms with Crippen molar-refractivity contribution < 1.29 is 17.9 Å². The molecule has 2 unspecified atom stereocenters. The third-order valence-electron chi connectivity index (χ3n) is 8.79. The SMILES string of the molecule is O=S(=O)(N1CCSC(N2CCOCC2)(N2CCSCC2)C1)N1CCSC(N2CCOCC2)(N2CCSCC2)C1. The Balaban J connectivity index is 1.26. The Labute approximate surface area is 251 Å². The van der Waals surface area contributed by atoms with Crippen molar-refractivity contribution in [3.8, 4) is 0 Å². The molecule has 2 atom stereocenters. The van der Waals surface area contributed by atoms with E-state index in [2.05, 4.69) is 19.6 Å². The van der Waals surface area contributed by atoms with E-state index in [4.69, 9.17) is 9.47 Å². The van der Waals surface area contributed by atoms with Crippen LogP contribution in [-0.2, 0) is 19.7 Å². The molecule has 0 aromatic carbocycles. The number of nitrogens with zero attached hydrogens (tertiary/aromatic N) is 6. The highest BCUT2D eigenvalue weighted by molar-refractivity contribution is 8.01. The van der Waals surface area contributed by atoms with Gasteiger partial charge >= 0.3 is 0 Å². The highest BCUT2D eigenvalue weighted by atomic mass is 32.2. The zero-order valence-corrected chi connectivity index (χ0v) is 27.0. The lowest BCUT2D eigenvalue weighted by molar-refractivity contribution is -0.0601. The zero-order valence-electron chi connectivity index (χ0n) is 22.9. The summed E-state index contributed by atoms with van der Waals surface area (Å²) in [4.78, 5) is 9.58. The summed E-state index contributed by atoms with van der Waals surface area (Å²) in [6.07, 6.45) is 0. The summed E-state index contributed by atoms with van der Waals surface area (Å²) in [7, 11) is -3.62. The first-order valence-corrected chi connectivity index (χ1v) is 20.1. The van der Waals surface area contributed by atoms with E-state index in [-0.39, 0.29) is 9.99 Å². The first-order chi connectivity index (χ1) is 19.0. The van der Waals surface area contributed by atoms with Crippen LogP contribution < -0.4 is 0 Å². The molecule has 0 spiro atoms. The van der Waals surface area contributed by atoms with E-state index in [1.807, 2.05) is 55.7 Å². The molecule has 0 aromatic rings. The van der Waals surface area contributed by atoms with Crippen LogP contribution in [0.5, 0.6) is 0 Å². The van der Waals surface area contributed by atoms with Gasteiger partial charge in [0.15, 0.2) is 0 Å². The third-order valence-corrected chi connectivity index (χ3v) is 15.6. The first kappa shape index (κ1) is 30.1. The molecule has 6 fully saturated rings. The summed E-state index contributed by atoms with van der Waals surface area (Å²) in [5.41, 5.74) is 0. The van der Waals surface area contributed by atoms with Gasteiger partial charge < -0.3 is 9.47 Å². The van der Waals surface area contributed by atoms with Crippen LogP contribution in [0.2, 0.25) is 0 Å². The Morgan fingerprint density at radius 3 is 1.23 bits per heavy atom. The van der Waals surface area contributed by atoms with Gasteiger partial charge in [-0.1, -0.05) is 0 Å². The molecule has 6 saturated heterocycles. The van der Waals surface area contributed by atoms with Crippen LogP contribution in [0.1, 0.15) is 0 Å². The van der Waals surface area contributed by atoms with Gasteiger partial charge in [-0.2, -0.15) is 40.6 Å². The summed E-state index contributed by atoms with van der Waals surface area (Å²) in [6, 6.07) is 0. The average molecular weight is 641 g/mol. The number of rotatable bonds is 6. The van der Waals surface area contributed by atoms with Gasteiger partial charge in [0.1, 0.15) is 9.99 Å². The van der Waals surface area contributed by atoms with Gasteiger partial charge in [-0.25, -0.2) is 0 Å². The number of ether oxygens (including phenoxy) is 2. The fourth-order valence-electron chi connectivity index (χ4n) is 6.70. The van der Waals surface area contributed by atoms with Gasteiger partial charge in [-0.15, -0.1) is 23.5 Å². The summed E-state index contributed by atoms with van der Waals surface area (Å²) in [6.45, 7) is 12.6. The molecule has 6 aliphatic heterocycles. The molecular weight excluding hydrogens is 597 g/mol. The molecule has 0 radical (unpaired) electrons. The summed E-state index contributed by atoms with van der Waals surface area (Å²) < 4.78 is 44.2. The topological polar surface area (TPSA) is 72.0 Å². The van der Waals surface area contributed by atoms with Gasteiger partial charge in [0.2, 0.25) is 0 Å². The van der Waals surface area contributed by atoms with E-state index < -0.39 is 10.2 Å². The largest absolute Gasteiger partial charge is 0.379 e. The first-order valence-electron chi connectivity index (χ1n) is 14.4. The second kappa shape index (κ2) is 13.3.